The fraction of sp³-hybridized carbons (Fsp3) is 0.250. The number of rotatable bonds is 5. The molecule has 0 N–H and O–H groups in total. The largest absolute Gasteiger partial charge is 0.281 e. The van der Waals surface area contributed by atoms with Crippen molar-refractivity contribution < 1.29 is 17.7 Å². The Morgan fingerprint density at radius 1 is 1.43 bits per heavy atom. The van der Waals surface area contributed by atoms with E-state index in [9.17, 15) is 22.9 Å². The van der Waals surface area contributed by atoms with E-state index >= 15 is 0 Å². The van der Waals surface area contributed by atoms with Crippen LogP contribution >= 0.6 is 11.6 Å². The second-order valence-corrected chi connectivity index (χ2v) is 6.65. The molecule has 0 saturated carbocycles. The van der Waals surface area contributed by atoms with Gasteiger partial charge >= 0.3 is 0 Å². The molecule has 0 aliphatic heterocycles. The predicted octanol–water partition coefficient (Wildman–Crippen LogP) is 2.68. The Morgan fingerprint density at radius 2 is 2.14 bits per heavy atom. The number of hydrogen-bond acceptors (Lipinski definition) is 5. The van der Waals surface area contributed by atoms with Gasteiger partial charge in [-0.1, -0.05) is 0 Å². The molecule has 112 valence electrons. The van der Waals surface area contributed by atoms with Gasteiger partial charge in [0.25, 0.3) is 5.69 Å². The first-order valence-electron chi connectivity index (χ1n) is 5.89. The van der Waals surface area contributed by atoms with Gasteiger partial charge in [-0.2, -0.15) is 0 Å². The summed E-state index contributed by atoms with van der Waals surface area (Å²) < 4.78 is 38.5. The third-order valence-corrected chi connectivity index (χ3v) is 4.94. The average molecular weight is 333 g/mol. The summed E-state index contributed by atoms with van der Waals surface area (Å²) in [6.07, 6.45) is 1.40. The smallest absolute Gasteiger partial charge is 0.258 e. The lowest BCUT2D eigenvalue weighted by Gasteiger charge is -2.08. The highest BCUT2D eigenvalue weighted by Crippen LogP contribution is 2.32. The zero-order valence-corrected chi connectivity index (χ0v) is 12.2. The highest BCUT2D eigenvalue weighted by atomic mass is 35.5. The van der Waals surface area contributed by atoms with Crippen LogP contribution in [0.3, 0.4) is 0 Å². The summed E-state index contributed by atoms with van der Waals surface area (Å²) in [6.45, 7) is 0. The van der Waals surface area contributed by atoms with Gasteiger partial charge in [0.05, 0.1) is 27.6 Å². The van der Waals surface area contributed by atoms with Gasteiger partial charge in [0.1, 0.15) is 4.90 Å². The molecule has 0 amide bonds. The number of pyridine rings is 1. The number of nitro groups is 1. The molecule has 0 atom stereocenters. The normalized spacial score (nSPS) is 11.7. The van der Waals surface area contributed by atoms with Gasteiger partial charge in [-0.25, -0.2) is 12.8 Å². The Balaban J connectivity index is 2.80. The van der Waals surface area contributed by atoms with E-state index in [4.69, 9.17) is 11.6 Å². The molecular weight excluding hydrogens is 323 g/mol. The molecule has 2 rings (SSSR count). The van der Waals surface area contributed by atoms with E-state index in [2.05, 4.69) is 4.98 Å². The first kappa shape index (κ1) is 15.6. The molecule has 0 saturated heterocycles. The van der Waals surface area contributed by atoms with Crippen LogP contribution in [0, 0.1) is 15.9 Å². The SMILES string of the molecule is O=[N+]([O-])c1cc(F)c(S(=O)(=O)CCCCl)c2ncccc12. The molecule has 0 bridgehead atoms. The third kappa shape index (κ3) is 2.96. The average Bonchev–Trinajstić information content (AvgIpc) is 2.43. The molecule has 1 aromatic carbocycles. The Morgan fingerprint density at radius 3 is 2.76 bits per heavy atom. The molecular formula is C12H10ClFN2O4S. The maximum Gasteiger partial charge on any atom is 0.281 e. The monoisotopic (exact) mass is 332 g/mol. The van der Waals surface area contributed by atoms with Crippen molar-refractivity contribution >= 4 is 38.0 Å². The summed E-state index contributed by atoms with van der Waals surface area (Å²) in [7, 11) is -3.97. The molecule has 0 aliphatic carbocycles. The van der Waals surface area contributed by atoms with Gasteiger partial charge in [-0.15, -0.1) is 11.6 Å². The fourth-order valence-corrected chi connectivity index (χ4v) is 3.80. The molecule has 6 nitrogen and oxygen atoms in total. The van der Waals surface area contributed by atoms with E-state index in [1.807, 2.05) is 0 Å². The molecule has 9 heteroatoms. The summed E-state index contributed by atoms with van der Waals surface area (Å²) in [6, 6.07) is 3.36. The van der Waals surface area contributed by atoms with E-state index in [0.717, 1.165) is 0 Å². The molecule has 0 fully saturated rings. The number of alkyl halides is 1. The van der Waals surface area contributed by atoms with Crippen LogP contribution in [0.15, 0.2) is 29.3 Å². The maximum atomic E-state index is 14.1. The second-order valence-electron chi connectivity index (χ2n) is 4.22. The minimum atomic E-state index is -3.97. The van der Waals surface area contributed by atoms with Gasteiger partial charge in [-0.3, -0.25) is 15.1 Å². The predicted molar refractivity (Wildman–Crippen MR) is 75.7 cm³/mol. The number of hydrogen-bond donors (Lipinski definition) is 0. The molecule has 2 aromatic rings. The number of fused-ring (bicyclic) bond motifs is 1. The first-order valence-corrected chi connectivity index (χ1v) is 8.07. The standard InChI is InChI=1S/C12H10ClFN2O4S/c13-4-2-6-21(19,20)12-9(14)7-10(16(17)18)8-3-1-5-15-11(8)12/h1,3,5,7H,2,4,6H2. The Hall–Kier alpha value is -1.80. The van der Waals surface area contributed by atoms with Gasteiger partial charge < -0.3 is 0 Å². The molecule has 0 aliphatic rings. The molecule has 0 spiro atoms. The topological polar surface area (TPSA) is 90.2 Å². The minimum Gasteiger partial charge on any atom is -0.258 e. The summed E-state index contributed by atoms with van der Waals surface area (Å²) in [4.78, 5) is 13.4. The van der Waals surface area contributed by atoms with Gasteiger partial charge in [0.2, 0.25) is 0 Å². The lowest BCUT2D eigenvalue weighted by molar-refractivity contribution is -0.383. The van der Waals surface area contributed by atoms with E-state index in [1.54, 1.807) is 0 Å². The zero-order chi connectivity index (χ0) is 15.6. The number of non-ortho nitro benzene ring substituents is 1. The lowest BCUT2D eigenvalue weighted by Crippen LogP contribution is -2.11. The van der Waals surface area contributed by atoms with Gasteiger partial charge in [0, 0.05) is 12.1 Å². The van der Waals surface area contributed by atoms with Crippen molar-refractivity contribution in [1.29, 1.82) is 0 Å². The number of aromatic nitrogens is 1. The van der Waals surface area contributed by atoms with E-state index in [0.29, 0.717) is 6.07 Å². The van der Waals surface area contributed by atoms with Crippen molar-refractivity contribution in [3.8, 4) is 0 Å². The number of halogens is 2. The highest BCUT2D eigenvalue weighted by molar-refractivity contribution is 7.91. The van der Waals surface area contributed by atoms with Crippen molar-refractivity contribution in [3.63, 3.8) is 0 Å². The van der Waals surface area contributed by atoms with Crippen LogP contribution in [-0.4, -0.2) is 30.0 Å². The van der Waals surface area contributed by atoms with Crippen molar-refractivity contribution in [2.45, 2.75) is 11.3 Å². The molecule has 1 heterocycles. The van der Waals surface area contributed by atoms with E-state index in [-0.39, 0.29) is 29.0 Å². The fourth-order valence-electron chi connectivity index (χ4n) is 1.96. The van der Waals surface area contributed by atoms with Crippen LogP contribution < -0.4 is 0 Å². The molecule has 0 radical (unpaired) electrons. The van der Waals surface area contributed by atoms with Gasteiger partial charge in [0.15, 0.2) is 15.7 Å². The molecule has 21 heavy (non-hydrogen) atoms. The lowest BCUT2D eigenvalue weighted by atomic mass is 10.2. The first-order chi connectivity index (χ1) is 9.88. The number of sulfone groups is 1. The van der Waals surface area contributed by atoms with Crippen LogP contribution in [0.1, 0.15) is 6.42 Å². The molecule has 0 unspecified atom stereocenters. The number of benzene rings is 1. The van der Waals surface area contributed by atoms with Crippen LogP contribution in [-0.2, 0) is 9.84 Å². The second kappa shape index (κ2) is 5.90. The maximum absolute atomic E-state index is 14.1. The van der Waals surface area contributed by atoms with Crippen LogP contribution in [0.4, 0.5) is 10.1 Å². The number of nitro benzene ring substituents is 1. The van der Waals surface area contributed by atoms with Crippen LogP contribution in [0.25, 0.3) is 10.9 Å². The van der Waals surface area contributed by atoms with Crippen molar-refractivity contribution in [3.05, 3.63) is 40.3 Å². The zero-order valence-electron chi connectivity index (χ0n) is 10.6. The highest BCUT2D eigenvalue weighted by Gasteiger charge is 2.27. The summed E-state index contributed by atoms with van der Waals surface area (Å²) >= 11 is 5.46. The van der Waals surface area contributed by atoms with Crippen LogP contribution in [0.2, 0.25) is 0 Å². The summed E-state index contributed by atoms with van der Waals surface area (Å²) in [5, 5.41) is 10.9. The number of nitrogens with zero attached hydrogens (tertiary/aromatic N) is 2. The Kier molecular flexibility index (Phi) is 4.38. The van der Waals surface area contributed by atoms with Crippen molar-refractivity contribution in [1.82, 2.24) is 4.98 Å². The summed E-state index contributed by atoms with van der Waals surface area (Å²) in [5.41, 5.74) is -0.759. The summed E-state index contributed by atoms with van der Waals surface area (Å²) in [5.74, 6) is -1.42. The molecule has 1 aromatic heterocycles. The quantitative estimate of drug-likeness (QED) is 0.477. The van der Waals surface area contributed by atoms with Gasteiger partial charge in [-0.05, 0) is 18.6 Å². The van der Waals surface area contributed by atoms with Crippen LogP contribution in [0.5, 0.6) is 0 Å². The van der Waals surface area contributed by atoms with E-state index in [1.165, 1.54) is 18.3 Å². The Bertz CT molecular complexity index is 810. The Labute approximate surface area is 124 Å². The van der Waals surface area contributed by atoms with Crippen molar-refractivity contribution in [2.75, 3.05) is 11.6 Å². The minimum absolute atomic E-state index is 0.0200. The van der Waals surface area contributed by atoms with Crippen molar-refractivity contribution in [2.24, 2.45) is 0 Å². The van der Waals surface area contributed by atoms with E-state index < -0.39 is 31.2 Å². The third-order valence-electron chi connectivity index (χ3n) is 2.83.